The van der Waals surface area contributed by atoms with Gasteiger partial charge in [-0.25, -0.2) is 13.2 Å². The summed E-state index contributed by atoms with van der Waals surface area (Å²) in [7, 11) is -2.18. The van der Waals surface area contributed by atoms with E-state index in [-0.39, 0.29) is 21.4 Å². The van der Waals surface area contributed by atoms with Crippen molar-refractivity contribution in [1.82, 2.24) is 0 Å². The summed E-state index contributed by atoms with van der Waals surface area (Å²) in [5.41, 5.74) is 0.686. The average molecular weight is 291 g/mol. The fourth-order valence-electron chi connectivity index (χ4n) is 1.51. The third-order valence-electron chi connectivity index (χ3n) is 2.53. The van der Waals surface area contributed by atoms with Gasteiger partial charge in [-0.15, -0.1) is 0 Å². The number of carbonyl (C=O) groups excluding carboxylic acids is 1. The Balaban J connectivity index is 3.62. The molecule has 0 N–H and O–H groups in total. The van der Waals surface area contributed by atoms with Crippen LogP contribution in [0.1, 0.15) is 35.7 Å². The summed E-state index contributed by atoms with van der Waals surface area (Å²) in [5.74, 6) is -0.644. The quantitative estimate of drug-likeness (QED) is 0.803. The minimum atomic E-state index is -3.41. The Labute approximate surface area is 112 Å². The predicted octanol–water partition coefficient (Wildman–Crippen LogP) is 2.65. The molecule has 0 aromatic heterocycles. The predicted molar refractivity (Wildman–Crippen MR) is 70.0 cm³/mol. The number of hydrogen-bond donors (Lipinski definition) is 0. The molecule has 0 heterocycles. The van der Waals surface area contributed by atoms with Crippen LogP contribution in [0.5, 0.6) is 0 Å². The number of sulfone groups is 1. The Morgan fingerprint density at radius 1 is 1.33 bits per heavy atom. The molecule has 0 spiro atoms. The molecule has 0 bridgehead atoms. The van der Waals surface area contributed by atoms with Crippen molar-refractivity contribution >= 4 is 27.4 Å². The van der Waals surface area contributed by atoms with E-state index < -0.39 is 15.8 Å². The molecule has 4 nitrogen and oxygen atoms in total. The first-order valence-electron chi connectivity index (χ1n) is 5.30. The third kappa shape index (κ3) is 3.03. The number of methoxy groups -OCH3 is 1. The lowest BCUT2D eigenvalue weighted by Gasteiger charge is -2.13. The zero-order valence-electron chi connectivity index (χ0n) is 10.7. The maximum Gasteiger partial charge on any atom is 0.339 e. The second-order valence-electron chi connectivity index (χ2n) is 4.29. The van der Waals surface area contributed by atoms with Gasteiger partial charge in [0.2, 0.25) is 0 Å². The van der Waals surface area contributed by atoms with E-state index in [1.807, 2.05) is 13.8 Å². The SMILES string of the molecule is COC(=O)c1cc(S(C)(=O)=O)cc(C(C)C)c1Cl. The zero-order valence-corrected chi connectivity index (χ0v) is 12.2. The topological polar surface area (TPSA) is 60.4 Å². The molecule has 0 unspecified atom stereocenters. The molecule has 0 saturated heterocycles. The van der Waals surface area contributed by atoms with Crippen LogP contribution in [0.2, 0.25) is 5.02 Å². The highest BCUT2D eigenvalue weighted by molar-refractivity contribution is 7.90. The number of ether oxygens (including phenoxy) is 1. The molecule has 18 heavy (non-hydrogen) atoms. The van der Waals surface area contributed by atoms with E-state index in [9.17, 15) is 13.2 Å². The molecule has 0 amide bonds. The first kappa shape index (κ1) is 15.0. The Hall–Kier alpha value is -1.07. The number of benzene rings is 1. The van der Waals surface area contributed by atoms with Gasteiger partial charge in [-0.05, 0) is 23.6 Å². The summed E-state index contributed by atoms with van der Waals surface area (Å²) in [6, 6.07) is 2.74. The molecular weight excluding hydrogens is 276 g/mol. The number of halogens is 1. The van der Waals surface area contributed by atoms with Crippen molar-refractivity contribution in [3.8, 4) is 0 Å². The minimum Gasteiger partial charge on any atom is -0.465 e. The largest absolute Gasteiger partial charge is 0.465 e. The first-order chi connectivity index (χ1) is 8.18. The van der Waals surface area contributed by atoms with Gasteiger partial charge < -0.3 is 4.74 Å². The van der Waals surface area contributed by atoms with Crippen molar-refractivity contribution in [1.29, 1.82) is 0 Å². The van der Waals surface area contributed by atoms with Crippen LogP contribution in [-0.4, -0.2) is 27.8 Å². The second kappa shape index (κ2) is 5.28. The minimum absolute atomic E-state index is 0.00241. The number of rotatable bonds is 3. The maximum absolute atomic E-state index is 11.6. The Bertz CT molecular complexity index is 576. The van der Waals surface area contributed by atoms with Crippen molar-refractivity contribution in [3.63, 3.8) is 0 Å². The second-order valence-corrected chi connectivity index (χ2v) is 6.69. The van der Waals surface area contributed by atoms with E-state index in [0.717, 1.165) is 6.26 Å². The summed E-state index contributed by atoms with van der Waals surface area (Å²) in [6.45, 7) is 3.74. The zero-order chi connectivity index (χ0) is 14.1. The molecule has 0 aliphatic carbocycles. The van der Waals surface area contributed by atoms with E-state index in [1.165, 1.54) is 19.2 Å². The third-order valence-corrected chi connectivity index (χ3v) is 4.04. The van der Waals surface area contributed by atoms with Crippen LogP contribution in [0.4, 0.5) is 0 Å². The van der Waals surface area contributed by atoms with Gasteiger partial charge in [0.25, 0.3) is 0 Å². The van der Waals surface area contributed by atoms with Gasteiger partial charge >= 0.3 is 5.97 Å². The molecule has 0 aliphatic rings. The monoisotopic (exact) mass is 290 g/mol. The maximum atomic E-state index is 11.6. The number of hydrogen-bond acceptors (Lipinski definition) is 4. The normalized spacial score (nSPS) is 11.7. The van der Waals surface area contributed by atoms with Crippen molar-refractivity contribution in [2.24, 2.45) is 0 Å². The fraction of sp³-hybridized carbons (Fsp3) is 0.417. The molecule has 6 heteroatoms. The lowest BCUT2D eigenvalue weighted by molar-refractivity contribution is 0.0600. The van der Waals surface area contributed by atoms with Crippen LogP contribution >= 0.6 is 11.6 Å². The average Bonchev–Trinajstić information content (AvgIpc) is 2.26. The molecule has 1 aromatic carbocycles. The summed E-state index contributed by atoms with van der Waals surface area (Å²) in [6.07, 6.45) is 1.08. The molecule has 0 atom stereocenters. The lowest BCUT2D eigenvalue weighted by Crippen LogP contribution is -2.08. The Morgan fingerprint density at radius 2 is 1.89 bits per heavy atom. The van der Waals surface area contributed by atoms with E-state index in [0.29, 0.717) is 5.56 Å². The van der Waals surface area contributed by atoms with E-state index in [1.54, 1.807) is 0 Å². The van der Waals surface area contributed by atoms with Crippen LogP contribution in [0.15, 0.2) is 17.0 Å². The smallest absolute Gasteiger partial charge is 0.339 e. The highest BCUT2D eigenvalue weighted by Gasteiger charge is 2.20. The molecule has 100 valence electrons. The molecule has 0 saturated carbocycles. The van der Waals surface area contributed by atoms with Gasteiger partial charge in [0.1, 0.15) is 0 Å². The van der Waals surface area contributed by atoms with Gasteiger partial charge in [0.15, 0.2) is 9.84 Å². The number of esters is 1. The summed E-state index contributed by atoms with van der Waals surface area (Å²) in [4.78, 5) is 11.7. The molecular formula is C12H15ClO4S. The lowest BCUT2D eigenvalue weighted by atomic mass is 10.0. The molecule has 1 rings (SSSR count). The van der Waals surface area contributed by atoms with Gasteiger partial charge in [-0.1, -0.05) is 25.4 Å². The van der Waals surface area contributed by atoms with E-state index >= 15 is 0 Å². The Morgan fingerprint density at radius 3 is 2.28 bits per heavy atom. The van der Waals surface area contributed by atoms with Gasteiger partial charge in [0, 0.05) is 6.26 Å². The fourth-order valence-corrected chi connectivity index (χ4v) is 2.59. The molecule has 1 aromatic rings. The molecule has 0 aliphatic heterocycles. The van der Waals surface area contributed by atoms with Crippen LogP contribution in [0.3, 0.4) is 0 Å². The van der Waals surface area contributed by atoms with Crippen molar-refractivity contribution in [2.45, 2.75) is 24.7 Å². The van der Waals surface area contributed by atoms with E-state index in [2.05, 4.69) is 4.74 Å². The van der Waals surface area contributed by atoms with Gasteiger partial charge in [0.05, 0.1) is 22.6 Å². The van der Waals surface area contributed by atoms with Gasteiger partial charge in [-0.3, -0.25) is 0 Å². The van der Waals surface area contributed by atoms with Crippen LogP contribution in [0, 0.1) is 0 Å². The summed E-state index contributed by atoms with van der Waals surface area (Å²) >= 11 is 6.10. The Kier molecular flexibility index (Phi) is 4.40. The standard InChI is InChI=1S/C12H15ClO4S/c1-7(2)9-5-8(18(4,15)16)6-10(11(9)13)12(14)17-3/h5-7H,1-4H3. The van der Waals surface area contributed by atoms with Crippen molar-refractivity contribution in [3.05, 3.63) is 28.3 Å². The van der Waals surface area contributed by atoms with E-state index in [4.69, 9.17) is 11.6 Å². The van der Waals surface area contributed by atoms with Gasteiger partial charge in [-0.2, -0.15) is 0 Å². The highest BCUT2D eigenvalue weighted by Crippen LogP contribution is 2.31. The highest BCUT2D eigenvalue weighted by atomic mass is 35.5. The molecule has 0 fully saturated rings. The molecule has 0 radical (unpaired) electrons. The first-order valence-corrected chi connectivity index (χ1v) is 7.57. The summed E-state index contributed by atoms with van der Waals surface area (Å²) < 4.78 is 27.8. The summed E-state index contributed by atoms with van der Waals surface area (Å²) in [5, 5.41) is 0.240. The van der Waals surface area contributed by atoms with Crippen molar-refractivity contribution < 1.29 is 17.9 Å². The van der Waals surface area contributed by atoms with Crippen LogP contribution < -0.4 is 0 Å². The van der Waals surface area contributed by atoms with Crippen LogP contribution in [0.25, 0.3) is 0 Å². The van der Waals surface area contributed by atoms with Crippen molar-refractivity contribution in [2.75, 3.05) is 13.4 Å². The number of carbonyl (C=O) groups is 1. The van der Waals surface area contributed by atoms with Crippen LogP contribution in [-0.2, 0) is 14.6 Å².